The van der Waals surface area contributed by atoms with Crippen LogP contribution in [0.2, 0.25) is 5.15 Å². The van der Waals surface area contributed by atoms with E-state index in [0.29, 0.717) is 37.5 Å². The summed E-state index contributed by atoms with van der Waals surface area (Å²) in [5.41, 5.74) is -0.581. The Morgan fingerprint density at radius 3 is 2.67 bits per heavy atom. The SMILES string of the molecule is CCC1(C(=O)O)CCN(c2cncc(Cl)n2)CC1. The van der Waals surface area contributed by atoms with Gasteiger partial charge < -0.3 is 10.0 Å². The van der Waals surface area contributed by atoms with Gasteiger partial charge in [-0.15, -0.1) is 0 Å². The molecule has 1 aliphatic rings. The van der Waals surface area contributed by atoms with Gasteiger partial charge in [-0.2, -0.15) is 0 Å². The number of nitrogens with zero attached hydrogens (tertiary/aromatic N) is 3. The van der Waals surface area contributed by atoms with Crippen molar-refractivity contribution < 1.29 is 9.90 Å². The maximum Gasteiger partial charge on any atom is 0.309 e. The third-order valence-electron chi connectivity index (χ3n) is 3.77. The van der Waals surface area contributed by atoms with Crippen LogP contribution < -0.4 is 4.90 Å². The fraction of sp³-hybridized carbons (Fsp3) is 0.583. The summed E-state index contributed by atoms with van der Waals surface area (Å²) in [6, 6.07) is 0. The van der Waals surface area contributed by atoms with E-state index < -0.39 is 11.4 Å². The minimum Gasteiger partial charge on any atom is -0.481 e. The molecule has 1 fully saturated rings. The monoisotopic (exact) mass is 269 g/mol. The van der Waals surface area contributed by atoms with Crippen LogP contribution in [0.1, 0.15) is 26.2 Å². The van der Waals surface area contributed by atoms with Gasteiger partial charge in [-0.25, -0.2) is 4.98 Å². The van der Waals surface area contributed by atoms with E-state index >= 15 is 0 Å². The van der Waals surface area contributed by atoms with E-state index in [1.807, 2.05) is 11.8 Å². The third kappa shape index (κ3) is 2.41. The first-order valence-electron chi connectivity index (χ1n) is 6.03. The minimum atomic E-state index is -0.693. The minimum absolute atomic E-state index is 0.359. The summed E-state index contributed by atoms with van der Waals surface area (Å²) in [7, 11) is 0. The van der Waals surface area contributed by atoms with Crippen LogP contribution in [0.5, 0.6) is 0 Å². The number of aromatic nitrogens is 2. The number of anilines is 1. The Kier molecular flexibility index (Phi) is 3.71. The Morgan fingerprint density at radius 2 is 2.17 bits per heavy atom. The zero-order chi connectivity index (χ0) is 13.2. The van der Waals surface area contributed by atoms with Crippen LogP contribution >= 0.6 is 11.6 Å². The number of piperidine rings is 1. The molecule has 0 aromatic carbocycles. The van der Waals surface area contributed by atoms with E-state index in [2.05, 4.69) is 9.97 Å². The normalized spacial score (nSPS) is 18.7. The van der Waals surface area contributed by atoms with Gasteiger partial charge in [-0.3, -0.25) is 9.78 Å². The average Bonchev–Trinajstić information content (AvgIpc) is 2.38. The van der Waals surface area contributed by atoms with E-state index in [1.54, 1.807) is 6.20 Å². The van der Waals surface area contributed by atoms with Gasteiger partial charge in [0.05, 0.1) is 17.8 Å². The fourth-order valence-electron chi connectivity index (χ4n) is 2.37. The zero-order valence-electron chi connectivity index (χ0n) is 10.3. The summed E-state index contributed by atoms with van der Waals surface area (Å²) in [6.45, 7) is 3.29. The molecule has 2 rings (SSSR count). The molecule has 0 radical (unpaired) electrons. The quantitative estimate of drug-likeness (QED) is 0.911. The van der Waals surface area contributed by atoms with Crippen LogP contribution in [0.4, 0.5) is 5.82 Å². The lowest BCUT2D eigenvalue weighted by atomic mass is 9.76. The number of carbonyl (C=O) groups is 1. The predicted molar refractivity (Wildman–Crippen MR) is 68.8 cm³/mol. The van der Waals surface area contributed by atoms with Gasteiger partial charge in [0.2, 0.25) is 0 Å². The number of rotatable bonds is 3. The summed E-state index contributed by atoms with van der Waals surface area (Å²) in [6.07, 6.45) is 5.08. The van der Waals surface area contributed by atoms with E-state index in [-0.39, 0.29) is 0 Å². The van der Waals surface area contributed by atoms with Crippen LogP contribution in [0, 0.1) is 5.41 Å². The van der Waals surface area contributed by atoms with E-state index in [0.717, 1.165) is 5.82 Å². The first-order valence-corrected chi connectivity index (χ1v) is 6.41. The average molecular weight is 270 g/mol. The maximum atomic E-state index is 11.3. The Balaban J connectivity index is 2.09. The van der Waals surface area contributed by atoms with Gasteiger partial charge in [-0.1, -0.05) is 18.5 Å². The van der Waals surface area contributed by atoms with E-state index in [4.69, 9.17) is 11.6 Å². The molecule has 1 aliphatic heterocycles. The van der Waals surface area contributed by atoms with Gasteiger partial charge in [0.25, 0.3) is 0 Å². The molecule has 98 valence electrons. The highest BCUT2D eigenvalue weighted by Crippen LogP contribution is 2.36. The van der Waals surface area contributed by atoms with Gasteiger partial charge in [0.15, 0.2) is 0 Å². The summed E-state index contributed by atoms with van der Waals surface area (Å²) >= 11 is 5.80. The molecule has 1 aromatic rings. The zero-order valence-corrected chi connectivity index (χ0v) is 11.0. The summed E-state index contributed by atoms with van der Waals surface area (Å²) in [4.78, 5) is 21.6. The van der Waals surface area contributed by atoms with Crippen molar-refractivity contribution in [3.63, 3.8) is 0 Å². The molecule has 1 saturated heterocycles. The number of hydrogen-bond acceptors (Lipinski definition) is 4. The molecular formula is C12H16ClN3O2. The molecule has 0 amide bonds. The number of carboxylic acids is 1. The van der Waals surface area contributed by atoms with Crippen molar-refractivity contribution >= 4 is 23.4 Å². The van der Waals surface area contributed by atoms with Crippen molar-refractivity contribution in [2.45, 2.75) is 26.2 Å². The first-order chi connectivity index (χ1) is 8.57. The van der Waals surface area contributed by atoms with Crippen LogP contribution in [0.15, 0.2) is 12.4 Å². The molecule has 0 bridgehead atoms. The van der Waals surface area contributed by atoms with Crippen molar-refractivity contribution in [3.8, 4) is 0 Å². The maximum absolute atomic E-state index is 11.3. The number of carboxylic acid groups (broad SMARTS) is 1. The Labute approximate surface area is 111 Å². The fourth-order valence-corrected chi connectivity index (χ4v) is 2.51. The first kappa shape index (κ1) is 13.1. The second-order valence-corrected chi connectivity index (χ2v) is 5.01. The third-order valence-corrected chi connectivity index (χ3v) is 3.95. The Bertz CT molecular complexity index is 445. The van der Waals surface area contributed by atoms with Crippen molar-refractivity contribution in [1.82, 2.24) is 9.97 Å². The van der Waals surface area contributed by atoms with Crippen molar-refractivity contribution in [3.05, 3.63) is 17.5 Å². The second kappa shape index (κ2) is 5.10. The molecule has 1 N–H and O–H groups in total. The summed E-state index contributed by atoms with van der Waals surface area (Å²) in [5, 5.41) is 9.68. The van der Waals surface area contributed by atoms with E-state index in [9.17, 15) is 9.90 Å². The van der Waals surface area contributed by atoms with Gasteiger partial charge >= 0.3 is 5.97 Å². The molecule has 18 heavy (non-hydrogen) atoms. The molecule has 1 aromatic heterocycles. The largest absolute Gasteiger partial charge is 0.481 e. The molecule has 5 nitrogen and oxygen atoms in total. The lowest BCUT2D eigenvalue weighted by Crippen LogP contribution is -2.44. The standard InChI is InChI=1S/C12H16ClN3O2/c1-2-12(11(17)18)3-5-16(6-4-12)10-8-14-7-9(13)15-10/h7-8H,2-6H2,1H3,(H,17,18). The van der Waals surface area contributed by atoms with Gasteiger partial charge in [0, 0.05) is 13.1 Å². The van der Waals surface area contributed by atoms with Crippen molar-refractivity contribution in [2.24, 2.45) is 5.41 Å². The Morgan fingerprint density at radius 1 is 1.50 bits per heavy atom. The highest BCUT2D eigenvalue weighted by molar-refractivity contribution is 6.29. The summed E-state index contributed by atoms with van der Waals surface area (Å²) < 4.78 is 0. The topological polar surface area (TPSA) is 66.3 Å². The molecule has 6 heteroatoms. The van der Waals surface area contributed by atoms with Crippen LogP contribution in [-0.2, 0) is 4.79 Å². The molecule has 0 saturated carbocycles. The van der Waals surface area contributed by atoms with Crippen LogP contribution in [0.3, 0.4) is 0 Å². The highest BCUT2D eigenvalue weighted by Gasteiger charge is 2.40. The molecule has 0 aliphatic carbocycles. The summed E-state index contributed by atoms with van der Waals surface area (Å²) in [5.74, 6) is 0.0272. The van der Waals surface area contributed by atoms with Crippen LogP contribution in [-0.4, -0.2) is 34.1 Å². The molecule has 0 spiro atoms. The number of aliphatic carboxylic acids is 1. The van der Waals surface area contributed by atoms with Crippen molar-refractivity contribution in [2.75, 3.05) is 18.0 Å². The lowest BCUT2D eigenvalue weighted by molar-refractivity contribution is -0.150. The Hall–Kier alpha value is -1.36. The molecule has 2 heterocycles. The van der Waals surface area contributed by atoms with Crippen LogP contribution in [0.25, 0.3) is 0 Å². The van der Waals surface area contributed by atoms with Crippen molar-refractivity contribution in [1.29, 1.82) is 0 Å². The lowest BCUT2D eigenvalue weighted by Gasteiger charge is -2.38. The van der Waals surface area contributed by atoms with E-state index in [1.165, 1.54) is 6.20 Å². The molecule has 0 unspecified atom stereocenters. The number of hydrogen-bond donors (Lipinski definition) is 1. The second-order valence-electron chi connectivity index (χ2n) is 4.63. The van der Waals surface area contributed by atoms with Gasteiger partial charge in [0.1, 0.15) is 11.0 Å². The number of halogens is 1. The predicted octanol–water partition coefficient (Wildman–Crippen LogP) is 2.21. The molecular weight excluding hydrogens is 254 g/mol. The highest BCUT2D eigenvalue weighted by atomic mass is 35.5. The molecule has 0 atom stereocenters. The smallest absolute Gasteiger partial charge is 0.309 e. The van der Waals surface area contributed by atoms with Gasteiger partial charge in [-0.05, 0) is 19.3 Å².